The first-order valence-electron chi connectivity index (χ1n) is 6.04. The Morgan fingerprint density at radius 2 is 2.53 bits per heavy atom. The van der Waals surface area contributed by atoms with Crippen LogP contribution in [-0.4, -0.2) is 40.7 Å². The molecular formula is C12H15ClN2O3S. The first-order valence-corrected chi connectivity index (χ1v) is 7.73. The van der Waals surface area contributed by atoms with Gasteiger partial charge >= 0.3 is 5.97 Å². The van der Waals surface area contributed by atoms with E-state index in [0.717, 1.165) is 11.5 Å². The van der Waals surface area contributed by atoms with Crippen molar-refractivity contribution in [3.63, 3.8) is 0 Å². The minimum atomic E-state index is -0.441. The van der Waals surface area contributed by atoms with Crippen molar-refractivity contribution in [2.45, 2.75) is 18.9 Å². The molecule has 1 aromatic rings. The van der Waals surface area contributed by atoms with E-state index in [4.69, 9.17) is 21.1 Å². The summed E-state index contributed by atoms with van der Waals surface area (Å²) in [6.45, 7) is 2.75. The minimum absolute atomic E-state index is 0.128. The number of carbonyl (C=O) groups is 1. The predicted octanol–water partition coefficient (Wildman–Crippen LogP) is 2.20. The number of hydrogen-bond acceptors (Lipinski definition) is 6. The van der Waals surface area contributed by atoms with E-state index in [2.05, 4.69) is 9.97 Å². The minimum Gasteiger partial charge on any atom is -0.462 e. The van der Waals surface area contributed by atoms with Crippen molar-refractivity contribution in [3.05, 3.63) is 23.3 Å². The third-order valence-electron chi connectivity index (χ3n) is 2.61. The molecule has 1 aromatic heterocycles. The summed E-state index contributed by atoms with van der Waals surface area (Å²) in [6, 6.07) is 0. The second-order valence-corrected chi connectivity index (χ2v) is 5.29. The average Bonchev–Trinajstić information content (AvgIpc) is 2.47. The van der Waals surface area contributed by atoms with Gasteiger partial charge in [-0.1, -0.05) is 0 Å². The zero-order valence-corrected chi connectivity index (χ0v) is 12.2. The molecule has 5 nitrogen and oxygen atoms in total. The molecule has 0 saturated carbocycles. The van der Waals surface area contributed by atoms with Crippen LogP contribution in [0.1, 0.15) is 34.9 Å². The summed E-state index contributed by atoms with van der Waals surface area (Å²) in [4.78, 5) is 20.3. The van der Waals surface area contributed by atoms with E-state index in [0.29, 0.717) is 30.3 Å². The van der Waals surface area contributed by atoms with Crippen LogP contribution in [0.25, 0.3) is 0 Å². The number of aromatic nitrogens is 2. The Bertz CT molecular complexity index is 453. The largest absolute Gasteiger partial charge is 0.462 e. The van der Waals surface area contributed by atoms with Gasteiger partial charge in [0.15, 0.2) is 5.82 Å². The molecule has 0 spiro atoms. The molecule has 1 fully saturated rings. The summed E-state index contributed by atoms with van der Waals surface area (Å²) in [7, 11) is 0. The summed E-state index contributed by atoms with van der Waals surface area (Å²) < 4.78 is 10.5. The topological polar surface area (TPSA) is 61.3 Å². The Morgan fingerprint density at radius 1 is 1.68 bits per heavy atom. The van der Waals surface area contributed by atoms with Crippen molar-refractivity contribution in [1.82, 2.24) is 9.97 Å². The summed E-state index contributed by atoms with van der Waals surface area (Å²) in [5, 5.41) is 0. The quantitative estimate of drug-likeness (QED) is 0.627. The third kappa shape index (κ3) is 3.58. The van der Waals surface area contributed by atoms with Gasteiger partial charge in [-0.05, 0) is 6.92 Å². The van der Waals surface area contributed by atoms with E-state index < -0.39 is 5.97 Å². The van der Waals surface area contributed by atoms with Crippen LogP contribution in [0.2, 0.25) is 0 Å². The Balaban J connectivity index is 2.22. The zero-order valence-electron chi connectivity index (χ0n) is 10.6. The molecule has 1 aliphatic rings. The predicted molar refractivity (Wildman–Crippen MR) is 73.6 cm³/mol. The zero-order chi connectivity index (χ0) is 13.7. The van der Waals surface area contributed by atoms with Crippen LogP contribution in [-0.2, 0) is 15.4 Å². The standard InChI is InChI=1S/C12H15ClN2O3S/c1-2-17-12(16)8-6-14-11(15-9(8)5-13)10-7-19-4-3-18-10/h6,10H,2-5,7H2,1H3. The van der Waals surface area contributed by atoms with Gasteiger partial charge in [-0.15, -0.1) is 11.6 Å². The van der Waals surface area contributed by atoms with Crippen LogP contribution < -0.4 is 0 Å². The molecule has 0 radical (unpaired) electrons. The van der Waals surface area contributed by atoms with E-state index in [9.17, 15) is 4.79 Å². The fourth-order valence-corrected chi connectivity index (χ4v) is 2.75. The van der Waals surface area contributed by atoms with Gasteiger partial charge in [-0.25, -0.2) is 14.8 Å². The molecule has 0 bridgehead atoms. The smallest absolute Gasteiger partial charge is 0.341 e. The fraction of sp³-hybridized carbons (Fsp3) is 0.583. The molecular weight excluding hydrogens is 288 g/mol. The molecule has 0 N–H and O–H groups in total. The Hall–Kier alpha value is -0.850. The highest BCUT2D eigenvalue weighted by molar-refractivity contribution is 7.99. The Labute approximate surface area is 121 Å². The molecule has 2 rings (SSSR count). The van der Waals surface area contributed by atoms with Crippen LogP contribution in [0.3, 0.4) is 0 Å². The van der Waals surface area contributed by atoms with Gasteiger partial charge in [0.05, 0.1) is 24.8 Å². The summed E-state index contributed by atoms with van der Waals surface area (Å²) in [5.41, 5.74) is 0.813. The summed E-state index contributed by atoms with van der Waals surface area (Å²) in [5.74, 6) is 2.09. The first-order chi connectivity index (χ1) is 9.26. The number of rotatable bonds is 4. The highest BCUT2D eigenvalue weighted by Gasteiger charge is 2.22. The van der Waals surface area contributed by atoms with Gasteiger partial charge in [0.1, 0.15) is 11.7 Å². The maximum Gasteiger partial charge on any atom is 0.341 e. The third-order valence-corrected chi connectivity index (χ3v) is 3.86. The number of ether oxygens (including phenoxy) is 2. The number of halogens is 1. The number of esters is 1. The van der Waals surface area contributed by atoms with Gasteiger partial charge in [-0.3, -0.25) is 0 Å². The second-order valence-electron chi connectivity index (χ2n) is 3.88. The molecule has 1 unspecified atom stereocenters. The molecule has 104 valence electrons. The molecule has 1 aliphatic heterocycles. The lowest BCUT2D eigenvalue weighted by atomic mass is 10.2. The van der Waals surface area contributed by atoms with Crippen molar-refractivity contribution in [2.75, 3.05) is 24.7 Å². The summed E-state index contributed by atoms with van der Waals surface area (Å²) >= 11 is 7.64. The van der Waals surface area contributed by atoms with Crippen LogP contribution in [0, 0.1) is 0 Å². The van der Waals surface area contributed by atoms with E-state index in [1.165, 1.54) is 6.20 Å². The monoisotopic (exact) mass is 302 g/mol. The molecule has 0 aliphatic carbocycles. The average molecular weight is 303 g/mol. The number of nitrogens with zero attached hydrogens (tertiary/aromatic N) is 2. The van der Waals surface area contributed by atoms with Gasteiger partial charge in [0.25, 0.3) is 0 Å². The molecule has 1 saturated heterocycles. The van der Waals surface area contributed by atoms with Crippen LogP contribution in [0.15, 0.2) is 6.20 Å². The maximum atomic E-state index is 11.7. The SMILES string of the molecule is CCOC(=O)c1cnc(C2CSCCO2)nc1CCl. The van der Waals surface area contributed by atoms with Crippen LogP contribution >= 0.6 is 23.4 Å². The highest BCUT2D eigenvalue weighted by atomic mass is 35.5. The molecule has 1 atom stereocenters. The van der Waals surface area contributed by atoms with Gasteiger partial charge in [0, 0.05) is 17.7 Å². The second kappa shape index (κ2) is 7.07. The number of carbonyl (C=O) groups excluding carboxylic acids is 1. The summed E-state index contributed by atoms with van der Waals surface area (Å²) in [6.07, 6.45) is 1.35. The molecule has 2 heterocycles. The van der Waals surface area contributed by atoms with Crippen molar-refractivity contribution in [3.8, 4) is 0 Å². The first kappa shape index (κ1) is 14.6. The van der Waals surface area contributed by atoms with Crippen LogP contribution in [0.4, 0.5) is 0 Å². The van der Waals surface area contributed by atoms with E-state index in [1.807, 2.05) is 0 Å². The van der Waals surface area contributed by atoms with Crippen molar-refractivity contribution in [1.29, 1.82) is 0 Å². The van der Waals surface area contributed by atoms with Crippen molar-refractivity contribution < 1.29 is 14.3 Å². The van der Waals surface area contributed by atoms with E-state index in [1.54, 1.807) is 18.7 Å². The number of thioether (sulfide) groups is 1. The number of alkyl halides is 1. The molecule has 7 heteroatoms. The van der Waals surface area contributed by atoms with Crippen molar-refractivity contribution in [2.24, 2.45) is 0 Å². The lowest BCUT2D eigenvalue weighted by Crippen LogP contribution is -2.20. The molecule has 19 heavy (non-hydrogen) atoms. The lowest BCUT2D eigenvalue weighted by molar-refractivity contribution is 0.0521. The molecule has 0 aromatic carbocycles. The van der Waals surface area contributed by atoms with Crippen LogP contribution in [0.5, 0.6) is 0 Å². The Kier molecular flexibility index (Phi) is 5.42. The normalized spacial score (nSPS) is 19.2. The highest BCUT2D eigenvalue weighted by Crippen LogP contribution is 2.25. The van der Waals surface area contributed by atoms with Gasteiger partial charge < -0.3 is 9.47 Å². The van der Waals surface area contributed by atoms with E-state index >= 15 is 0 Å². The van der Waals surface area contributed by atoms with Gasteiger partial charge in [-0.2, -0.15) is 11.8 Å². The maximum absolute atomic E-state index is 11.7. The molecule has 0 amide bonds. The fourth-order valence-electron chi connectivity index (χ4n) is 1.71. The van der Waals surface area contributed by atoms with Gasteiger partial charge in [0.2, 0.25) is 0 Å². The lowest BCUT2D eigenvalue weighted by Gasteiger charge is -2.21. The van der Waals surface area contributed by atoms with E-state index in [-0.39, 0.29) is 12.0 Å². The van der Waals surface area contributed by atoms with Crippen molar-refractivity contribution >= 4 is 29.3 Å². The number of hydrogen-bond donors (Lipinski definition) is 0. The Morgan fingerprint density at radius 3 is 3.16 bits per heavy atom.